The molecule has 1 aromatic carbocycles. The van der Waals surface area contributed by atoms with Crippen LogP contribution in [0.1, 0.15) is 39.5 Å². The Balaban J connectivity index is 1.81. The average molecular weight is 275 g/mol. The Labute approximate surface area is 121 Å². The Hall–Kier alpha value is -1.55. The maximum Gasteiger partial charge on any atom is 0.224 e. The van der Waals surface area contributed by atoms with E-state index in [0.29, 0.717) is 18.5 Å². The Kier molecular flexibility index (Phi) is 5.41. The van der Waals surface area contributed by atoms with E-state index in [-0.39, 0.29) is 5.91 Å². The highest BCUT2D eigenvalue weighted by molar-refractivity contribution is 5.90. The smallest absolute Gasteiger partial charge is 0.224 e. The van der Waals surface area contributed by atoms with Gasteiger partial charge in [-0.3, -0.25) is 4.79 Å². The first-order valence-electron chi connectivity index (χ1n) is 7.57. The predicted octanol–water partition coefficient (Wildman–Crippen LogP) is 2.98. The molecule has 2 rings (SSSR count). The van der Waals surface area contributed by atoms with Crippen LogP contribution in [0.25, 0.3) is 0 Å². The Morgan fingerprint density at radius 1 is 1.35 bits per heavy atom. The molecule has 1 amide bonds. The third-order valence-electron chi connectivity index (χ3n) is 3.70. The van der Waals surface area contributed by atoms with Crippen LogP contribution in [0.2, 0.25) is 0 Å². The summed E-state index contributed by atoms with van der Waals surface area (Å²) in [5.41, 5.74) is 1.96. The zero-order valence-electron chi connectivity index (χ0n) is 12.4. The van der Waals surface area contributed by atoms with Gasteiger partial charge in [-0.1, -0.05) is 6.92 Å². The maximum absolute atomic E-state index is 11.3. The summed E-state index contributed by atoms with van der Waals surface area (Å²) >= 11 is 0. The lowest BCUT2D eigenvalue weighted by molar-refractivity contribution is -0.115. The van der Waals surface area contributed by atoms with Gasteiger partial charge in [0.25, 0.3) is 0 Å². The largest absolute Gasteiger partial charge is 0.383 e. The van der Waals surface area contributed by atoms with Gasteiger partial charge < -0.3 is 16.0 Å². The number of hydrogen-bond acceptors (Lipinski definition) is 3. The van der Waals surface area contributed by atoms with E-state index in [1.54, 1.807) is 0 Å². The van der Waals surface area contributed by atoms with Gasteiger partial charge in [0.05, 0.1) is 0 Å². The normalized spacial score (nSPS) is 19.6. The Bertz CT molecular complexity index is 424. The summed E-state index contributed by atoms with van der Waals surface area (Å²) in [4.78, 5) is 11.3. The number of amides is 1. The zero-order chi connectivity index (χ0) is 14.4. The topological polar surface area (TPSA) is 53.2 Å². The maximum atomic E-state index is 11.3. The lowest BCUT2D eigenvalue weighted by Gasteiger charge is -2.19. The van der Waals surface area contributed by atoms with E-state index >= 15 is 0 Å². The summed E-state index contributed by atoms with van der Waals surface area (Å²) in [5, 5.41) is 9.89. The third-order valence-corrected chi connectivity index (χ3v) is 3.70. The van der Waals surface area contributed by atoms with Crippen molar-refractivity contribution in [2.75, 3.05) is 17.2 Å². The second-order valence-electron chi connectivity index (χ2n) is 5.55. The molecule has 0 aromatic heterocycles. The van der Waals surface area contributed by atoms with Gasteiger partial charge in [-0.05, 0) is 57.0 Å². The van der Waals surface area contributed by atoms with Crippen molar-refractivity contribution >= 4 is 17.3 Å². The molecule has 2 unspecified atom stereocenters. The highest BCUT2D eigenvalue weighted by Gasteiger charge is 2.16. The van der Waals surface area contributed by atoms with E-state index in [1.165, 1.54) is 12.8 Å². The number of hydrogen-bond donors (Lipinski definition) is 3. The molecule has 1 aliphatic rings. The second kappa shape index (κ2) is 7.29. The molecule has 1 fully saturated rings. The van der Waals surface area contributed by atoms with Crippen LogP contribution in [0.5, 0.6) is 0 Å². The minimum Gasteiger partial charge on any atom is -0.383 e. The highest BCUT2D eigenvalue weighted by atomic mass is 16.1. The molecule has 110 valence electrons. The van der Waals surface area contributed by atoms with Gasteiger partial charge >= 0.3 is 0 Å². The highest BCUT2D eigenvalue weighted by Crippen LogP contribution is 2.17. The molecule has 1 aromatic rings. The van der Waals surface area contributed by atoms with Crippen molar-refractivity contribution in [1.82, 2.24) is 5.32 Å². The summed E-state index contributed by atoms with van der Waals surface area (Å²) in [7, 11) is 0. The molecule has 0 spiro atoms. The molecule has 4 heteroatoms. The minimum atomic E-state index is 0.0476. The van der Waals surface area contributed by atoms with Crippen LogP contribution >= 0.6 is 0 Å². The van der Waals surface area contributed by atoms with Crippen molar-refractivity contribution < 1.29 is 4.79 Å². The number of rotatable bonds is 6. The molecular formula is C16H25N3O. The second-order valence-corrected chi connectivity index (χ2v) is 5.55. The van der Waals surface area contributed by atoms with E-state index in [9.17, 15) is 4.79 Å². The van der Waals surface area contributed by atoms with E-state index in [0.717, 1.165) is 24.3 Å². The van der Waals surface area contributed by atoms with E-state index in [4.69, 9.17) is 0 Å². The molecule has 3 N–H and O–H groups in total. The fourth-order valence-corrected chi connectivity index (χ4v) is 2.63. The van der Waals surface area contributed by atoms with E-state index in [1.807, 2.05) is 31.2 Å². The first-order valence-corrected chi connectivity index (χ1v) is 7.57. The van der Waals surface area contributed by atoms with Gasteiger partial charge in [-0.15, -0.1) is 0 Å². The average Bonchev–Trinajstić information content (AvgIpc) is 2.93. The standard InChI is InChI=1S/C16H25N3O/c1-3-16(20)19-14-8-6-13(7-9-14)18-12(2)11-15-5-4-10-17-15/h6-9,12,15,17-18H,3-5,10-11H2,1-2H3,(H,19,20). The van der Waals surface area contributed by atoms with Crippen LogP contribution in [0, 0.1) is 0 Å². The van der Waals surface area contributed by atoms with Crippen LogP contribution in [0.3, 0.4) is 0 Å². The first-order chi connectivity index (χ1) is 9.67. The molecule has 1 heterocycles. The molecule has 2 atom stereocenters. The quantitative estimate of drug-likeness (QED) is 0.748. The number of carbonyl (C=O) groups excluding carboxylic acids is 1. The molecule has 0 aliphatic carbocycles. The van der Waals surface area contributed by atoms with Gasteiger partial charge in [-0.25, -0.2) is 0 Å². The fourth-order valence-electron chi connectivity index (χ4n) is 2.63. The van der Waals surface area contributed by atoms with Crippen LogP contribution < -0.4 is 16.0 Å². The summed E-state index contributed by atoms with van der Waals surface area (Å²) in [6.45, 7) is 5.22. The number of anilines is 2. The molecule has 0 bridgehead atoms. The third kappa shape index (κ3) is 4.53. The molecule has 1 aliphatic heterocycles. The Morgan fingerprint density at radius 3 is 2.65 bits per heavy atom. The van der Waals surface area contributed by atoms with Gasteiger partial charge in [0.2, 0.25) is 5.91 Å². The van der Waals surface area contributed by atoms with Crippen molar-refractivity contribution in [1.29, 1.82) is 0 Å². The predicted molar refractivity (Wildman–Crippen MR) is 84.1 cm³/mol. The van der Waals surface area contributed by atoms with Gasteiger partial charge in [0.15, 0.2) is 0 Å². The van der Waals surface area contributed by atoms with Crippen molar-refractivity contribution in [3.63, 3.8) is 0 Å². The first kappa shape index (κ1) is 14.9. The van der Waals surface area contributed by atoms with E-state index < -0.39 is 0 Å². The lowest BCUT2D eigenvalue weighted by Crippen LogP contribution is -2.29. The SMILES string of the molecule is CCC(=O)Nc1ccc(NC(C)CC2CCCN2)cc1. The van der Waals surface area contributed by atoms with Crippen molar-refractivity contribution in [2.45, 2.75) is 51.6 Å². The summed E-state index contributed by atoms with van der Waals surface area (Å²) in [6, 6.07) is 9.02. The molecular weight excluding hydrogens is 250 g/mol. The van der Waals surface area contributed by atoms with Crippen molar-refractivity contribution in [3.8, 4) is 0 Å². The van der Waals surface area contributed by atoms with Crippen LogP contribution in [-0.2, 0) is 4.79 Å². The number of benzene rings is 1. The van der Waals surface area contributed by atoms with Crippen molar-refractivity contribution in [2.24, 2.45) is 0 Å². The fraction of sp³-hybridized carbons (Fsp3) is 0.562. The monoisotopic (exact) mass is 275 g/mol. The van der Waals surface area contributed by atoms with Gasteiger partial charge in [0, 0.05) is 29.9 Å². The Morgan fingerprint density at radius 2 is 2.05 bits per heavy atom. The molecule has 20 heavy (non-hydrogen) atoms. The number of nitrogens with one attached hydrogen (secondary N) is 3. The lowest BCUT2D eigenvalue weighted by atomic mass is 10.1. The van der Waals surface area contributed by atoms with Crippen LogP contribution in [0.4, 0.5) is 11.4 Å². The minimum absolute atomic E-state index is 0.0476. The number of carbonyl (C=O) groups is 1. The molecule has 0 radical (unpaired) electrons. The molecule has 4 nitrogen and oxygen atoms in total. The molecule has 1 saturated heterocycles. The summed E-state index contributed by atoms with van der Waals surface area (Å²) < 4.78 is 0. The van der Waals surface area contributed by atoms with Crippen molar-refractivity contribution in [3.05, 3.63) is 24.3 Å². The van der Waals surface area contributed by atoms with Crippen LogP contribution in [-0.4, -0.2) is 24.5 Å². The van der Waals surface area contributed by atoms with E-state index in [2.05, 4.69) is 22.9 Å². The zero-order valence-corrected chi connectivity index (χ0v) is 12.4. The van der Waals surface area contributed by atoms with Gasteiger partial charge in [-0.2, -0.15) is 0 Å². The molecule has 0 saturated carbocycles. The summed E-state index contributed by atoms with van der Waals surface area (Å²) in [6.07, 6.45) is 4.23. The van der Waals surface area contributed by atoms with Crippen LogP contribution in [0.15, 0.2) is 24.3 Å². The summed E-state index contributed by atoms with van der Waals surface area (Å²) in [5.74, 6) is 0.0476. The van der Waals surface area contributed by atoms with Gasteiger partial charge in [0.1, 0.15) is 0 Å².